The smallest absolute Gasteiger partial charge is 0.145 e. The first-order valence-corrected chi connectivity index (χ1v) is 4.09. The van der Waals surface area contributed by atoms with Gasteiger partial charge in [-0.3, -0.25) is 0 Å². The lowest BCUT2D eigenvalue weighted by molar-refractivity contribution is 0.203. The molecule has 0 bridgehead atoms. The quantitative estimate of drug-likeness (QED) is 0.757. The fraction of sp³-hybridized carbons (Fsp3) is 0.333. The summed E-state index contributed by atoms with van der Waals surface area (Å²) in [6.07, 6.45) is 0. The molecule has 2 N–H and O–H groups in total. The lowest BCUT2D eigenvalue weighted by atomic mass is 9.98. The van der Waals surface area contributed by atoms with Crippen LogP contribution in [0.4, 0.5) is 4.39 Å². The van der Waals surface area contributed by atoms with Crippen LogP contribution in [0.25, 0.3) is 0 Å². The third-order valence-electron chi connectivity index (χ3n) is 1.81. The van der Waals surface area contributed by atoms with Crippen molar-refractivity contribution < 1.29 is 4.39 Å². The van der Waals surface area contributed by atoms with Gasteiger partial charge in [-0.25, -0.2) is 4.39 Å². The molecule has 0 unspecified atom stereocenters. The molecule has 1 aromatic carbocycles. The molecule has 0 amide bonds. The number of rotatable bonds is 2. The van der Waals surface area contributed by atoms with Crippen LogP contribution in [0, 0.1) is 0 Å². The molecular formula is C9H11ClFN. The molecule has 0 spiro atoms. The highest BCUT2D eigenvalue weighted by atomic mass is 35.5. The highest BCUT2D eigenvalue weighted by Gasteiger charge is 2.23. The monoisotopic (exact) mass is 187 g/mol. The molecule has 12 heavy (non-hydrogen) atoms. The molecule has 0 saturated carbocycles. The summed E-state index contributed by atoms with van der Waals surface area (Å²) in [5.41, 5.74) is 4.31. The number of benzene rings is 1. The summed E-state index contributed by atoms with van der Waals surface area (Å²) in [5, 5.41) is 0.532. The molecule has 1 aromatic rings. The maximum Gasteiger partial charge on any atom is 0.145 e. The van der Waals surface area contributed by atoms with Crippen LogP contribution in [-0.4, -0.2) is 6.54 Å². The maximum absolute atomic E-state index is 13.5. The van der Waals surface area contributed by atoms with Gasteiger partial charge in [0.05, 0.1) is 0 Å². The van der Waals surface area contributed by atoms with E-state index in [2.05, 4.69) is 0 Å². The molecule has 0 saturated heterocycles. The minimum atomic E-state index is -1.48. The lowest BCUT2D eigenvalue weighted by Crippen LogP contribution is -2.26. The average Bonchev–Trinajstić information content (AvgIpc) is 2.05. The van der Waals surface area contributed by atoms with Gasteiger partial charge >= 0.3 is 0 Å². The minimum absolute atomic E-state index is 0.0344. The molecule has 66 valence electrons. The first kappa shape index (κ1) is 9.49. The Morgan fingerprint density at radius 2 is 2.25 bits per heavy atom. The van der Waals surface area contributed by atoms with E-state index in [9.17, 15) is 4.39 Å². The fourth-order valence-corrected chi connectivity index (χ4v) is 1.12. The third-order valence-corrected chi connectivity index (χ3v) is 2.04. The van der Waals surface area contributed by atoms with Gasteiger partial charge in [-0.2, -0.15) is 0 Å². The first-order valence-electron chi connectivity index (χ1n) is 3.71. The summed E-state index contributed by atoms with van der Waals surface area (Å²) in [6, 6.07) is 6.69. The van der Waals surface area contributed by atoms with Crippen molar-refractivity contribution >= 4 is 11.6 Å². The molecule has 0 aliphatic carbocycles. The van der Waals surface area contributed by atoms with E-state index in [0.29, 0.717) is 10.6 Å². The average molecular weight is 188 g/mol. The Hall–Kier alpha value is -0.600. The number of nitrogens with two attached hydrogens (primary N) is 1. The topological polar surface area (TPSA) is 26.0 Å². The Morgan fingerprint density at radius 3 is 2.75 bits per heavy atom. The highest BCUT2D eigenvalue weighted by Crippen LogP contribution is 2.25. The van der Waals surface area contributed by atoms with Crippen molar-refractivity contribution in [3.05, 3.63) is 34.9 Å². The summed E-state index contributed by atoms with van der Waals surface area (Å²) < 4.78 is 13.5. The van der Waals surface area contributed by atoms with E-state index in [0.717, 1.165) is 0 Å². The van der Waals surface area contributed by atoms with Gasteiger partial charge in [0, 0.05) is 11.6 Å². The molecule has 1 rings (SSSR count). The summed E-state index contributed by atoms with van der Waals surface area (Å²) in [6.45, 7) is 1.41. The molecule has 0 fully saturated rings. The van der Waals surface area contributed by atoms with Gasteiger partial charge in [0.25, 0.3) is 0 Å². The Bertz CT molecular complexity index is 273. The van der Waals surface area contributed by atoms with Crippen LogP contribution >= 0.6 is 11.6 Å². The van der Waals surface area contributed by atoms with E-state index >= 15 is 0 Å². The van der Waals surface area contributed by atoms with Gasteiger partial charge in [-0.05, 0) is 24.6 Å². The van der Waals surface area contributed by atoms with E-state index < -0.39 is 5.67 Å². The number of hydrogen-bond donors (Lipinski definition) is 1. The predicted molar refractivity (Wildman–Crippen MR) is 49.0 cm³/mol. The molecule has 1 nitrogen and oxygen atoms in total. The predicted octanol–water partition coefficient (Wildman–Crippen LogP) is 2.48. The van der Waals surface area contributed by atoms with E-state index in [1.165, 1.54) is 6.92 Å². The second-order valence-corrected chi connectivity index (χ2v) is 3.35. The van der Waals surface area contributed by atoms with Gasteiger partial charge in [0.15, 0.2) is 0 Å². The third kappa shape index (κ3) is 1.96. The second kappa shape index (κ2) is 3.42. The van der Waals surface area contributed by atoms with Crippen molar-refractivity contribution in [3.8, 4) is 0 Å². The summed E-state index contributed by atoms with van der Waals surface area (Å²) in [5.74, 6) is 0. The van der Waals surface area contributed by atoms with Crippen molar-refractivity contribution in [2.24, 2.45) is 5.73 Å². The van der Waals surface area contributed by atoms with E-state index in [1.807, 2.05) is 0 Å². The molecule has 0 aliphatic rings. The Morgan fingerprint density at radius 1 is 1.58 bits per heavy atom. The zero-order chi connectivity index (χ0) is 9.19. The zero-order valence-corrected chi connectivity index (χ0v) is 7.61. The Labute approximate surface area is 76.3 Å². The van der Waals surface area contributed by atoms with E-state index in [4.69, 9.17) is 17.3 Å². The standard InChI is InChI=1S/C9H11ClFN/c1-9(11,6-12)7-3-2-4-8(10)5-7/h2-5H,6,12H2,1H3/t9-/m1/s1. The van der Waals surface area contributed by atoms with Crippen molar-refractivity contribution in [1.82, 2.24) is 0 Å². The van der Waals surface area contributed by atoms with Crippen molar-refractivity contribution in [2.75, 3.05) is 6.54 Å². The Balaban J connectivity index is 3.03. The molecule has 0 aliphatic heterocycles. The van der Waals surface area contributed by atoms with Crippen LogP contribution in [0.3, 0.4) is 0 Å². The molecule has 0 radical (unpaired) electrons. The van der Waals surface area contributed by atoms with Crippen LogP contribution in [-0.2, 0) is 5.67 Å². The van der Waals surface area contributed by atoms with E-state index in [-0.39, 0.29) is 6.54 Å². The molecule has 1 atom stereocenters. The molecule has 0 heterocycles. The number of alkyl halides is 1. The molecule has 0 aromatic heterocycles. The highest BCUT2D eigenvalue weighted by molar-refractivity contribution is 6.30. The zero-order valence-electron chi connectivity index (χ0n) is 6.85. The van der Waals surface area contributed by atoms with Crippen LogP contribution in [0.2, 0.25) is 5.02 Å². The first-order chi connectivity index (χ1) is 5.56. The second-order valence-electron chi connectivity index (χ2n) is 2.91. The summed E-state index contributed by atoms with van der Waals surface area (Å²) >= 11 is 5.70. The Kier molecular flexibility index (Phi) is 2.70. The summed E-state index contributed by atoms with van der Waals surface area (Å²) in [7, 11) is 0. The number of hydrogen-bond acceptors (Lipinski definition) is 1. The summed E-state index contributed by atoms with van der Waals surface area (Å²) in [4.78, 5) is 0. The van der Waals surface area contributed by atoms with Gasteiger partial charge in [-0.15, -0.1) is 0 Å². The molecule has 3 heteroatoms. The minimum Gasteiger partial charge on any atom is -0.327 e. The van der Waals surface area contributed by atoms with Gasteiger partial charge in [0.2, 0.25) is 0 Å². The number of halogens is 2. The lowest BCUT2D eigenvalue weighted by Gasteiger charge is -2.18. The normalized spacial score (nSPS) is 15.7. The maximum atomic E-state index is 13.5. The van der Waals surface area contributed by atoms with Gasteiger partial charge in [-0.1, -0.05) is 23.7 Å². The van der Waals surface area contributed by atoms with Crippen LogP contribution < -0.4 is 5.73 Å². The van der Waals surface area contributed by atoms with Gasteiger partial charge < -0.3 is 5.73 Å². The van der Waals surface area contributed by atoms with Gasteiger partial charge in [0.1, 0.15) is 5.67 Å². The fourth-order valence-electron chi connectivity index (χ4n) is 0.931. The van der Waals surface area contributed by atoms with Crippen LogP contribution in [0.1, 0.15) is 12.5 Å². The van der Waals surface area contributed by atoms with Crippen molar-refractivity contribution in [1.29, 1.82) is 0 Å². The molecular weight excluding hydrogens is 177 g/mol. The van der Waals surface area contributed by atoms with Crippen LogP contribution in [0.5, 0.6) is 0 Å². The SMILES string of the molecule is C[C@@](F)(CN)c1cccc(Cl)c1. The van der Waals surface area contributed by atoms with E-state index in [1.54, 1.807) is 24.3 Å². The van der Waals surface area contributed by atoms with Crippen LogP contribution in [0.15, 0.2) is 24.3 Å². The van der Waals surface area contributed by atoms with Crippen molar-refractivity contribution in [3.63, 3.8) is 0 Å². The van der Waals surface area contributed by atoms with Crippen molar-refractivity contribution in [2.45, 2.75) is 12.6 Å². The largest absolute Gasteiger partial charge is 0.327 e.